The lowest BCUT2D eigenvalue weighted by Crippen LogP contribution is -2.64. The van der Waals surface area contributed by atoms with E-state index in [9.17, 15) is 0 Å². The summed E-state index contributed by atoms with van der Waals surface area (Å²) < 4.78 is 0. The number of nitrogens with zero attached hydrogens (tertiary/aromatic N) is 4. The maximum absolute atomic E-state index is 2.96. The lowest BCUT2D eigenvalue weighted by atomic mass is 9.31. The second-order valence-electron chi connectivity index (χ2n) is 27.2. The maximum atomic E-state index is 2.96. The van der Waals surface area contributed by atoms with Crippen molar-refractivity contribution < 1.29 is 0 Å². The number of benzene rings is 11. The summed E-state index contributed by atoms with van der Waals surface area (Å²) in [4.78, 5) is 13.6. The summed E-state index contributed by atoms with van der Waals surface area (Å²) in [5.74, 6) is 1.83. The first-order valence-electron chi connectivity index (χ1n) is 31.8. The Labute approximate surface area is 516 Å². The molecule has 1 spiro atoms. The van der Waals surface area contributed by atoms with Gasteiger partial charge in [0.15, 0.2) is 0 Å². The van der Waals surface area contributed by atoms with Gasteiger partial charge in [-0.2, -0.15) is 0 Å². The predicted octanol–water partition coefficient (Wildman–Crippen LogP) is 16.6. The van der Waals surface area contributed by atoms with Crippen LogP contribution in [0.5, 0.6) is 0 Å². The van der Waals surface area contributed by atoms with Crippen LogP contribution in [0.2, 0.25) is 0 Å². The molecule has 0 amide bonds. The number of anilines is 10. The van der Waals surface area contributed by atoms with Crippen LogP contribution in [0, 0.1) is 17.3 Å². The van der Waals surface area contributed by atoms with Gasteiger partial charge in [0.2, 0.25) is 6.71 Å². The highest BCUT2D eigenvalue weighted by molar-refractivity contribution is 8.00. The van der Waals surface area contributed by atoms with Crippen LogP contribution in [0.4, 0.5) is 56.9 Å². The van der Waals surface area contributed by atoms with E-state index in [1.165, 1.54) is 165 Å². The van der Waals surface area contributed by atoms with Crippen LogP contribution in [0.3, 0.4) is 0 Å². The molecule has 11 aromatic rings. The summed E-state index contributed by atoms with van der Waals surface area (Å²) in [5.41, 5.74) is 29.6. The van der Waals surface area contributed by atoms with Gasteiger partial charge in [0, 0.05) is 84.2 Å². The fourth-order valence-corrected chi connectivity index (χ4v) is 19.5. The van der Waals surface area contributed by atoms with E-state index in [1.54, 1.807) is 0 Å². The molecular weight excluding hydrogens is 1070 g/mol. The number of hydrogen-bond donors (Lipinski definition) is 0. The van der Waals surface area contributed by atoms with Gasteiger partial charge >= 0.3 is 0 Å². The zero-order valence-corrected chi connectivity index (χ0v) is 50.2. The first kappa shape index (κ1) is 50.3. The summed E-state index contributed by atoms with van der Waals surface area (Å²) in [6, 6.07) is 96.4. The highest BCUT2D eigenvalue weighted by Crippen LogP contribution is 2.73. The molecule has 1 saturated heterocycles. The smallest absolute Gasteiger partial charge is 0.252 e. The van der Waals surface area contributed by atoms with E-state index in [4.69, 9.17) is 0 Å². The predicted molar refractivity (Wildman–Crippen MR) is 368 cm³/mol. The molecule has 5 aliphatic heterocycles. The second kappa shape index (κ2) is 18.6. The minimum Gasteiger partial charge on any atom is -0.365 e. The molecule has 3 aliphatic carbocycles. The molecule has 416 valence electrons. The zero-order valence-electron chi connectivity index (χ0n) is 49.4. The Morgan fingerprint density at radius 2 is 0.862 bits per heavy atom. The Morgan fingerprint density at radius 1 is 0.379 bits per heavy atom. The van der Waals surface area contributed by atoms with Crippen molar-refractivity contribution in [2.45, 2.75) is 80.2 Å². The van der Waals surface area contributed by atoms with Crippen molar-refractivity contribution in [1.82, 2.24) is 0 Å². The summed E-state index contributed by atoms with van der Waals surface area (Å²) in [7, 11) is 0. The normalized spacial score (nSPS) is 20.9. The summed E-state index contributed by atoms with van der Waals surface area (Å²) >= 11 is 2.02. The molecule has 4 nitrogen and oxygen atoms in total. The third-order valence-corrected chi connectivity index (χ3v) is 23.0. The van der Waals surface area contributed by atoms with Gasteiger partial charge in [0.05, 0.1) is 5.69 Å². The van der Waals surface area contributed by atoms with Crippen molar-refractivity contribution >= 4 is 115 Å². The molecule has 3 saturated carbocycles. The van der Waals surface area contributed by atoms with Gasteiger partial charge in [0.25, 0.3) is 6.71 Å². The zero-order chi connectivity index (χ0) is 57.4. The third-order valence-electron chi connectivity index (χ3n) is 21.9. The van der Waals surface area contributed by atoms with Crippen LogP contribution in [0.15, 0.2) is 259 Å². The van der Waals surface area contributed by atoms with Crippen molar-refractivity contribution in [3.8, 4) is 33.4 Å². The highest BCUT2D eigenvalue weighted by atomic mass is 32.2. The number of para-hydroxylation sites is 4. The van der Waals surface area contributed by atoms with Gasteiger partial charge < -0.3 is 19.6 Å². The molecule has 11 aromatic carbocycles. The maximum Gasteiger partial charge on any atom is 0.252 e. The monoisotopic (exact) mass is 1130 g/mol. The van der Waals surface area contributed by atoms with Crippen molar-refractivity contribution in [3.63, 3.8) is 0 Å². The molecule has 3 bridgehead atoms. The largest absolute Gasteiger partial charge is 0.365 e. The summed E-state index contributed by atoms with van der Waals surface area (Å²) in [6.07, 6.45) is 6.93. The molecule has 5 heterocycles. The molecular formula is C80H64B2N4S. The van der Waals surface area contributed by atoms with Gasteiger partial charge in [0.1, 0.15) is 0 Å². The first-order chi connectivity index (χ1) is 42.7. The van der Waals surface area contributed by atoms with E-state index < -0.39 is 0 Å². The Kier molecular flexibility index (Phi) is 10.7. The molecule has 0 aromatic heterocycles. The molecule has 87 heavy (non-hydrogen) atoms. The summed E-state index contributed by atoms with van der Waals surface area (Å²) in [6.45, 7) is 7.11. The van der Waals surface area contributed by atoms with E-state index >= 15 is 0 Å². The Hall–Kier alpha value is -8.90. The van der Waals surface area contributed by atoms with Crippen LogP contribution >= 0.6 is 11.8 Å². The Balaban J connectivity index is 0.876. The quantitative estimate of drug-likeness (QED) is 0.147. The van der Waals surface area contributed by atoms with Crippen LogP contribution in [0.25, 0.3) is 33.4 Å². The number of rotatable bonds is 7. The van der Waals surface area contributed by atoms with Gasteiger partial charge in [-0.15, -0.1) is 0 Å². The van der Waals surface area contributed by atoms with Gasteiger partial charge in [-0.3, -0.25) is 0 Å². The molecule has 7 heteroatoms. The van der Waals surface area contributed by atoms with Crippen molar-refractivity contribution in [2.24, 2.45) is 17.3 Å². The summed E-state index contributed by atoms with van der Waals surface area (Å²) in [5, 5.41) is 0. The minimum atomic E-state index is -0.186. The SMILES string of the molecule is CC(C)(C)c1cc2c3c(c1)N(c1c(-c4ccccc4)cc(-c4ccccc4)cc1-c1ccccc1)c1ccccc1B3c1cc3c(cc1N2c1ccccc1)Sc1cc(N2C4CC5CC6CC2CC56C4)cc2c1B3c1ccccc1N2c1ccccc1. The molecule has 0 N–H and O–H groups in total. The van der Waals surface area contributed by atoms with E-state index in [1.807, 2.05) is 11.8 Å². The van der Waals surface area contributed by atoms with Crippen molar-refractivity contribution in [3.05, 3.63) is 254 Å². The third kappa shape index (κ3) is 7.24. The number of piperidine rings is 1. The number of hydrogen-bond acceptors (Lipinski definition) is 5. The lowest BCUT2D eigenvalue weighted by Gasteiger charge is -2.49. The van der Waals surface area contributed by atoms with E-state index in [0.29, 0.717) is 17.5 Å². The highest BCUT2D eigenvalue weighted by Gasteiger charge is 2.68. The van der Waals surface area contributed by atoms with Crippen molar-refractivity contribution in [1.29, 1.82) is 0 Å². The molecule has 19 rings (SSSR count). The van der Waals surface area contributed by atoms with Gasteiger partial charge in [-0.1, -0.05) is 208 Å². The molecule has 8 aliphatic rings. The van der Waals surface area contributed by atoms with Crippen molar-refractivity contribution in [2.75, 3.05) is 19.6 Å². The second-order valence-corrected chi connectivity index (χ2v) is 28.3. The topological polar surface area (TPSA) is 13.0 Å². The fourth-order valence-electron chi connectivity index (χ4n) is 18.2. The molecule has 4 unspecified atom stereocenters. The minimum absolute atomic E-state index is 0.0241. The average molecular weight is 1140 g/mol. The molecule has 0 radical (unpaired) electrons. The Bertz CT molecular complexity index is 4560. The van der Waals surface area contributed by atoms with Gasteiger partial charge in [-0.25, -0.2) is 0 Å². The van der Waals surface area contributed by atoms with E-state index in [2.05, 4.69) is 289 Å². The standard InChI is InChI=1S/C80H64B2N4S/c1-79(2,3)54-42-71-76-72(43-54)86(78-62(51-25-11-5-12-26-51)37-53(50-23-9-4-10-24-50)38-63(78)52-27-13-6-14-28-52)69-36-22-20-34-65(69)81(76)66-46-67-74(47-70(66)85(71)58-31-17-8-18-32-58)87-75-45-59(83-60-40-55-39-56-41-61(83)49-80(55,56)48-60)44-73-77(75)82(67)64-33-19-21-35-68(64)84(73)57-29-15-7-16-30-57/h4-38,42-47,55-56,60-61H,39-41,48-49H2,1-3H3. The van der Waals surface area contributed by atoms with E-state index in [0.717, 1.165) is 17.5 Å². The molecule has 4 fully saturated rings. The van der Waals surface area contributed by atoms with Crippen LogP contribution < -0.4 is 52.4 Å². The average Bonchev–Trinajstić information content (AvgIpc) is 1.70. The first-order valence-corrected chi connectivity index (χ1v) is 32.6. The van der Waals surface area contributed by atoms with Crippen LogP contribution in [-0.4, -0.2) is 25.5 Å². The van der Waals surface area contributed by atoms with Crippen LogP contribution in [-0.2, 0) is 5.41 Å². The van der Waals surface area contributed by atoms with Gasteiger partial charge in [-0.05, 0) is 189 Å². The molecule has 4 atom stereocenters. The Morgan fingerprint density at radius 3 is 1.44 bits per heavy atom. The van der Waals surface area contributed by atoms with Crippen LogP contribution in [0.1, 0.15) is 58.4 Å². The fraction of sp³-hybridized carbons (Fsp3) is 0.175. The van der Waals surface area contributed by atoms with E-state index in [-0.39, 0.29) is 18.8 Å². The lowest BCUT2D eigenvalue weighted by molar-refractivity contribution is 0.00223. The number of fused-ring (bicyclic) bond motifs is 10.